The van der Waals surface area contributed by atoms with Crippen LogP contribution in [0.4, 0.5) is 0 Å². The Morgan fingerprint density at radius 3 is 1.76 bits per heavy atom. The fraction of sp³-hybridized carbons (Fsp3) is 0.574. The zero-order valence-corrected chi connectivity index (χ0v) is 41.3. The van der Waals surface area contributed by atoms with E-state index in [2.05, 4.69) is 138 Å². The summed E-state index contributed by atoms with van der Waals surface area (Å²) >= 11 is 0. The van der Waals surface area contributed by atoms with Crippen LogP contribution in [0.25, 0.3) is 0 Å². The van der Waals surface area contributed by atoms with E-state index in [0.29, 0.717) is 38.4 Å². The number of hydrogen-bond acceptors (Lipinski definition) is 6. The second-order valence-electron chi connectivity index (χ2n) is 22.1. The molecule has 0 bridgehead atoms. The van der Waals surface area contributed by atoms with Crippen molar-refractivity contribution in [3.05, 3.63) is 155 Å². The Labute approximate surface area is 403 Å². The quantitative estimate of drug-likeness (QED) is 0.0824. The molecule has 360 valence electrons. The Bertz CT molecular complexity index is 2130. The van der Waals surface area contributed by atoms with E-state index in [0.717, 1.165) is 77.0 Å². The van der Waals surface area contributed by atoms with Gasteiger partial charge in [0.25, 0.3) is 0 Å². The molecule has 1 aliphatic heterocycles. The van der Waals surface area contributed by atoms with Crippen molar-refractivity contribution in [1.29, 1.82) is 0 Å². The number of ether oxygens (including phenoxy) is 6. The van der Waals surface area contributed by atoms with E-state index < -0.39 is 30.7 Å². The minimum absolute atomic E-state index is 0.00236. The molecule has 0 unspecified atom stereocenters. The lowest BCUT2D eigenvalue weighted by Gasteiger charge is -2.58. The van der Waals surface area contributed by atoms with Crippen molar-refractivity contribution in [3.8, 4) is 0 Å². The molecular weight excluding hydrogens is 829 g/mol. The van der Waals surface area contributed by atoms with Crippen LogP contribution >= 0.6 is 0 Å². The lowest BCUT2D eigenvalue weighted by molar-refractivity contribution is -0.337. The maximum Gasteiger partial charge on any atom is 0.187 e. The van der Waals surface area contributed by atoms with Gasteiger partial charge in [0.1, 0.15) is 24.4 Å². The normalized spacial score (nSPS) is 33.1. The molecule has 9 rings (SSSR count). The molecule has 4 fully saturated rings. The summed E-state index contributed by atoms with van der Waals surface area (Å²) in [6, 6.07) is 41.5. The van der Waals surface area contributed by atoms with Gasteiger partial charge in [-0.1, -0.05) is 187 Å². The van der Waals surface area contributed by atoms with Gasteiger partial charge in [-0.25, -0.2) is 0 Å². The van der Waals surface area contributed by atoms with E-state index in [-0.39, 0.29) is 11.5 Å². The van der Waals surface area contributed by atoms with E-state index >= 15 is 0 Å². The highest BCUT2D eigenvalue weighted by atomic mass is 16.7. The highest BCUT2D eigenvalue weighted by molar-refractivity contribution is 5.26. The molecule has 6 nitrogen and oxygen atoms in total. The standard InChI is InChI=1S/C61H80O6/c1-43(2)19-18-20-44(3)52-31-32-53-51-30-29-49-37-50(33-35-60(49,4)54(51)34-36-61(52,53)5)66-59-58(65-41-48-27-16-9-17-28-48)57(64-40-47-25-14-8-15-26-47)56(63-39-46-23-12-7-13-24-46)55(67-59)42-62-38-45-21-10-6-11-22-45/h6-17,21-29,43-44,50-59H,18-20,30-42H2,1-5H3/t44-,50+,51+,52-,53+,54+,55-,56+,57+,58-,59-,60+,61-/m1/s1. The van der Waals surface area contributed by atoms with Gasteiger partial charge in [-0.05, 0) is 120 Å². The summed E-state index contributed by atoms with van der Waals surface area (Å²) in [5, 5.41) is 0. The van der Waals surface area contributed by atoms with E-state index in [1.54, 1.807) is 5.57 Å². The Morgan fingerprint density at radius 2 is 1.16 bits per heavy atom. The average molecular weight is 909 g/mol. The molecule has 4 aromatic rings. The van der Waals surface area contributed by atoms with Gasteiger partial charge < -0.3 is 28.4 Å². The van der Waals surface area contributed by atoms with Crippen LogP contribution in [0.3, 0.4) is 0 Å². The molecule has 1 saturated heterocycles. The monoisotopic (exact) mass is 909 g/mol. The van der Waals surface area contributed by atoms with E-state index in [1.807, 2.05) is 24.3 Å². The number of hydrogen-bond donors (Lipinski definition) is 0. The van der Waals surface area contributed by atoms with Crippen LogP contribution in [0.1, 0.15) is 128 Å². The summed E-state index contributed by atoms with van der Waals surface area (Å²) in [6.07, 6.45) is 14.0. The Balaban J connectivity index is 0.963. The summed E-state index contributed by atoms with van der Waals surface area (Å²) in [5.74, 6) is 4.89. The zero-order chi connectivity index (χ0) is 46.2. The third-order valence-electron chi connectivity index (χ3n) is 17.4. The van der Waals surface area contributed by atoms with Crippen LogP contribution in [0, 0.1) is 46.3 Å². The van der Waals surface area contributed by atoms with Crippen molar-refractivity contribution in [2.24, 2.45) is 46.3 Å². The number of benzene rings is 4. The second-order valence-corrected chi connectivity index (χ2v) is 22.1. The van der Waals surface area contributed by atoms with Crippen LogP contribution in [0.5, 0.6) is 0 Å². The maximum atomic E-state index is 7.35. The van der Waals surface area contributed by atoms with Crippen molar-refractivity contribution in [2.75, 3.05) is 6.61 Å². The average Bonchev–Trinajstić information content (AvgIpc) is 3.71. The van der Waals surface area contributed by atoms with Crippen LogP contribution in [-0.4, -0.2) is 43.4 Å². The molecule has 1 heterocycles. The predicted octanol–water partition coefficient (Wildman–Crippen LogP) is 14.1. The van der Waals surface area contributed by atoms with E-state index in [1.165, 1.54) is 51.4 Å². The number of fused-ring (bicyclic) bond motifs is 5. The van der Waals surface area contributed by atoms with Crippen LogP contribution in [0.15, 0.2) is 133 Å². The number of rotatable bonds is 20. The van der Waals surface area contributed by atoms with Crippen molar-refractivity contribution in [1.82, 2.24) is 0 Å². The highest BCUT2D eigenvalue weighted by Gasteiger charge is 2.59. The summed E-state index contributed by atoms with van der Waals surface area (Å²) in [7, 11) is 0. The van der Waals surface area contributed by atoms with Crippen molar-refractivity contribution < 1.29 is 28.4 Å². The highest BCUT2D eigenvalue weighted by Crippen LogP contribution is 2.67. The molecule has 0 radical (unpaired) electrons. The summed E-state index contributed by atoms with van der Waals surface area (Å²) < 4.78 is 42.1. The Kier molecular flexibility index (Phi) is 16.2. The lowest BCUT2D eigenvalue weighted by Crippen LogP contribution is -2.62. The minimum atomic E-state index is -0.689. The molecule has 5 aliphatic rings. The Morgan fingerprint density at radius 1 is 0.597 bits per heavy atom. The second kappa shape index (κ2) is 22.4. The fourth-order valence-electron chi connectivity index (χ4n) is 13.8. The molecular formula is C61H80O6. The molecule has 13 atom stereocenters. The molecule has 6 heteroatoms. The Hall–Kier alpha value is -3.62. The van der Waals surface area contributed by atoms with Crippen molar-refractivity contribution in [2.45, 2.75) is 168 Å². The fourth-order valence-corrected chi connectivity index (χ4v) is 13.8. The van der Waals surface area contributed by atoms with E-state index in [9.17, 15) is 0 Å². The summed E-state index contributed by atoms with van der Waals surface area (Å²) in [5.41, 5.74) is 6.70. The molecule has 67 heavy (non-hydrogen) atoms. The third-order valence-corrected chi connectivity index (χ3v) is 17.4. The molecule has 3 saturated carbocycles. The van der Waals surface area contributed by atoms with Gasteiger partial charge >= 0.3 is 0 Å². The molecule has 0 aromatic heterocycles. The molecule has 0 amide bonds. The topological polar surface area (TPSA) is 55.4 Å². The molecule has 4 aromatic carbocycles. The van der Waals surface area contributed by atoms with Gasteiger partial charge in [-0.3, -0.25) is 0 Å². The van der Waals surface area contributed by atoms with E-state index in [4.69, 9.17) is 28.4 Å². The summed E-state index contributed by atoms with van der Waals surface area (Å²) in [6.45, 7) is 14.7. The van der Waals surface area contributed by atoms with Gasteiger partial charge in [-0.2, -0.15) is 0 Å². The van der Waals surface area contributed by atoms with Gasteiger partial charge in [0.2, 0.25) is 0 Å². The summed E-state index contributed by atoms with van der Waals surface area (Å²) in [4.78, 5) is 0. The lowest BCUT2D eigenvalue weighted by atomic mass is 9.47. The van der Waals surface area contributed by atoms with Crippen molar-refractivity contribution >= 4 is 0 Å². The largest absolute Gasteiger partial charge is 0.374 e. The zero-order valence-electron chi connectivity index (χ0n) is 41.3. The molecule has 0 spiro atoms. The van der Waals surface area contributed by atoms with Crippen LogP contribution in [0.2, 0.25) is 0 Å². The van der Waals surface area contributed by atoms with Crippen LogP contribution in [-0.2, 0) is 54.8 Å². The van der Waals surface area contributed by atoms with Crippen LogP contribution < -0.4 is 0 Å². The van der Waals surface area contributed by atoms with Gasteiger partial charge in [0.05, 0.1) is 39.1 Å². The maximum absolute atomic E-state index is 7.35. The first-order valence-electron chi connectivity index (χ1n) is 26.3. The first kappa shape index (κ1) is 48.4. The van der Waals surface area contributed by atoms with Gasteiger partial charge in [0, 0.05) is 0 Å². The van der Waals surface area contributed by atoms with Crippen molar-refractivity contribution in [3.63, 3.8) is 0 Å². The van der Waals surface area contributed by atoms with Gasteiger partial charge in [0.15, 0.2) is 6.29 Å². The SMILES string of the molecule is CC(C)CCC[C@@H](C)[C@H]1CC[C@H]2[C@@H]3CC=C4C[C@@H](O[C@@H]5O[C@H](COCc6ccccc6)[C@H](OCc6ccccc6)[C@H](OCc6ccccc6)[C@H]5OCc5ccccc5)CC[C@]4(C)[C@H]3CC[C@]12C. The smallest absolute Gasteiger partial charge is 0.187 e. The first-order chi connectivity index (χ1) is 32.7. The van der Waals surface area contributed by atoms with Gasteiger partial charge in [-0.15, -0.1) is 0 Å². The first-order valence-corrected chi connectivity index (χ1v) is 26.3. The number of allylic oxidation sites excluding steroid dienone is 1. The third kappa shape index (κ3) is 11.4. The predicted molar refractivity (Wildman–Crippen MR) is 268 cm³/mol. The minimum Gasteiger partial charge on any atom is -0.374 e. The molecule has 0 N–H and O–H groups in total. The molecule has 4 aliphatic carbocycles.